The predicted molar refractivity (Wildman–Crippen MR) is 106 cm³/mol. The zero-order valence-electron chi connectivity index (χ0n) is 16.2. The first-order chi connectivity index (χ1) is 13.2. The molecule has 2 aromatic rings. The van der Waals surface area contributed by atoms with Crippen molar-refractivity contribution in [2.45, 2.75) is 45.6 Å². The van der Waals surface area contributed by atoms with Gasteiger partial charge in [-0.05, 0) is 31.9 Å². The predicted octanol–water partition coefficient (Wildman–Crippen LogP) is 1.23. The molecule has 27 heavy (non-hydrogen) atoms. The van der Waals surface area contributed by atoms with Crippen LogP contribution in [0.25, 0.3) is 5.65 Å². The molecule has 3 rings (SSSR count). The molecule has 146 valence electrons. The van der Waals surface area contributed by atoms with Crippen LogP contribution in [0.15, 0.2) is 29.4 Å². The Labute approximate surface area is 160 Å². The summed E-state index contributed by atoms with van der Waals surface area (Å²) in [7, 11) is 0. The number of aliphatic imine (C=N–C) groups is 1. The summed E-state index contributed by atoms with van der Waals surface area (Å²) in [4.78, 5) is 18.4. The smallest absolute Gasteiger partial charge is 0.222 e. The topological polar surface area (TPSA) is 86.9 Å². The fourth-order valence-corrected chi connectivity index (χ4v) is 3.33. The number of hydrogen-bond acceptors (Lipinski definition) is 4. The van der Waals surface area contributed by atoms with Gasteiger partial charge in [0.05, 0.1) is 0 Å². The summed E-state index contributed by atoms with van der Waals surface area (Å²) < 4.78 is 2.02. The van der Waals surface area contributed by atoms with Crippen LogP contribution in [0.1, 0.15) is 38.9 Å². The van der Waals surface area contributed by atoms with Crippen molar-refractivity contribution in [2.24, 2.45) is 4.99 Å². The number of carbonyl (C=O) groups excluding carboxylic acids is 1. The van der Waals surface area contributed by atoms with Crippen molar-refractivity contribution < 1.29 is 4.79 Å². The lowest BCUT2D eigenvalue weighted by atomic mass is 10.2. The van der Waals surface area contributed by atoms with Gasteiger partial charge in [0.25, 0.3) is 0 Å². The summed E-state index contributed by atoms with van der Waals surface area (Å²) in [5, 5.41) is 15.2. The van der Waals surface area contributed by atoms with E-state index < -0.39 is 0 Å². The number of fused-ring (bicyclic) bond motifs is 1. The largest absolute Gasteiger partial charge is 0.357 e. The average molecular weight is 371 g/mol. The summed E-state index contributed by atoms with van der Waals surface area (Å²) in [6, 6.07) is 6.17. The summed E-state index contributed by atoms with van der Waals surface area (Å²) in [5.74, 6) is 2.00. The van der Waals surface area contributed by atoms with Crippen molar-refractivity contribution in [2.75, 3.05) is 26.2 Å². The molecule has 1 unspecified atom stereocenters. The Hall–Kier alpha value is -2.64. The van der Waals surface area contributed by atoms with E-state index in [1.54, 1.807) is 0 Å². The van der Waals surface area contributed by atoms with E-state index in [2.05, 4.69) is 32.7 Å². The maximum Gasteiger partial charge on any atom is 0.222 e. The quantitative estimate of drug-likeness (QED) is 0.434. The van der Waals surface area contributed by atoms with Gasteiger partial charge >= 0.3 is 0 Å². The second-order valence-electron chi connectivity index (χ2n) is 6.73. The van der Waals surface area contributed by atoms with Crippen LogP contribution in [-0.2, 0) is 11.2 Å². The maximum absolute atomic E-state index is 11.8. The molecule has 1 aliphatic heterocycles. The first-order valence-corrected chi connectivity index (χ1v) is 9.82. The van der Waals surface area contributed by atoms with Gasteiger partial charge < -0.3 is 15.5 Å². The number of carbonyl (C=O) groups is 1. The van der Waals surface area contributed by atoms with E-state index >= 15 is 0 Å². The second-order valence-corrected chi connectivity index (χ2v) is 6.73. The summed E-state index contributed by atoms with van der Waals surface area (Å²) in [6.45, 7) is 7.06. The molecule has 2 N–H and O–H groups in total. The minimum Gasteiger partial charge on any atom is -0.357 e. The van der Waals surface area contributed by atoms with E-state index in [-0.39, 0.29) is 11.9 Å². The normalized spacial score (nSPS) is 17.5. The van der Waals surface area contributed by atoms with Gasteiger partial charge in [-0.1, -0.05) is 13.0 Å². The van der Waals surface area contributed by atoms with Gasteiger partial charge in [-0.3, -0.25) is 14.2 Å². The number of likely N-dealkylation sites (tertiary alicyclic amines) is 1. The lowest BCUT2D eigenvalue weighted by Crippen LogP contribution is -2.45. The molecule has 0 spiro atoms. The molecule has 1 atom stereocenters. The number of pyridine rings is 1. The monoisotopic (exact) mass is 371 g/mol. The van der Waals surface area contributed by atoms with Crippen LogP contribution in [-0.4, -0.2) is 63.6 Å². The minimum atomic E-state index is 0.224. The molecule has 1 aliphatic rings. The molecule has 1 saturated heterocycles. The fraction of sp³-hybridized carbons (Fsp3) is 0.579. The maximum atomic E-state index is 11.8. The number of rotatable bonds is 7. The Morgan fingerprint density at radius 3 is 3.04 bits per heavy atom. The van der Waals surface area contributed by atoms with Crippen molar-refractivity contribution in [1.29, 1.82) is 0 Å². The number of aryl methyl sites for hydroxylation is 1. The third kappa shape index (κ3) is 4.96. The summed E-state index contributed by atoms with van der Waals surface area (Å²) in [5.41, 5.74) is 0.874. The highest BCUT2D eigenvalue weighted by Crippen LogP contribution is 2.10. The van der Waals surface area contributed by atoms with Crippen molar-refractivity contribution in [3.63, 3.8) is 0 Å². The van der Waals surface area contributed by atoms with E-state index in [0.717, 1.165) is 56.3 Å². The number of guanidine groups is 1. The third-order valence-electron chi connectivity index (χ3n) is 4.74. The lowest BCUT2D eigenvalue weighted by Gasteiger charge is -2.18. The molecule has 1 amide bonds. The van der Waals surface area contributed by atoms with Crippen LogP contribution in [0.2, 0.25) is 0 Å². The van der Waals surface area contributed by atoms with Crippen molar-refractivity contribution in [3.8, 4) is 0 Å². The van der Waals surface area contributed by atoms with Crippen LogP contribution in [0.4, 0.5) is 0 Å². The van der Waals surface area contributed by atoms with Gasteiger partial charge in [-0.15, -0.1) is 10.2 Å². The first kappa shape index (κ1) is 19.1. The first-order valence-electron chi connectivity index (χ1n) is 9.82. The summed E-state index contributed by atoms with van der Waals surface area (Å²) in [6.07, 6.45) is 5.25. The molecule has 8 heteroatoms. The van der Waals surface area contributed by atoms with Gasteiger partial charge in [0.1, 0.15) is 5.82 Å². The molecular formula is C19H29N7O. The number of amides is 1. The van der Waals surface area contributed by atoms with Crippen LogP contribution in [0, 0.1) is 0 Å². The van der Waals surface area contributed by atoms with E-state index in [1.165, 1.54) is 0 Å². The molecule has 0 saturated carbocycles. The van der Waals surface area contributed by atoms with E-state index in [9.17, 15) is 4.79 Å². The molecule has 1 fully saturated rings. The van der Waals surface area contributed by atoms with E-state index in [1.807, 2.05) is 40.6 Å². The molecule has 0 radical (unpaired) electrons. The van der Waals surface area contributed by atoms with Crippen LogP contribution in [0.3, 0.4) is 0 Å². The fourth-order valence-electron chi connectivity index (χ4n) is 3.33. The molecule has 0 bridgehead atoms. The Balaban J connectivity index is 1.49. The molecule has 0 aromatic carbocycles. The van der Waals surface area contributed by atoms with Gasteiger partial charge in [0, 0.05) is 51.3 Å². The van der Waals surface area contributed by atoms with Crippen LogP contribution in [0.5, 0.6) is 0 Å². The van der Waals surface area contributed by atoms with Gasteiger partial charge in [0.15, 0.2) is 11.6 Å². The van der Waals surface area contributed by atoms with Crippen molar-refractivity contribution >= 4 is 17.5 Å². The Bertz CT molecular complexity index is 785. The zero-order valence-corrected chi connectivity index (χ0v) is 16.2. The molecular weight excluding hydrogens is 342 g/mol. The van der Waals surface area contributed by atoms with Crippen LogP contribution < -0.4 is 10.6 Å². The Kier molecular flexibility index (Phi) is 6.62. The lowest BCUT2D eigenvalue weighted by molar-refractivity contribution is -0.129. The highest BCUT2D eigenvalue weighted by atomic mass is 16.2. The highest BCUT2D eigenvalue weighted by Gasteiger charge is 2.25. The molecule has 8 nitrogen and oxygen atoms in total. The average Bonchev–Trinajstić information content (AvgIpc) is 3.32. The molecule has 2 aromatic heterocycles. The number of aromatic nitrogens is 3. The number of nitrogens with one attached hydrogen (secondary N) is 2. The number of hydrogen-bond donors (Lipinski definition) is 2. The van der Waals surface area contributed by atoms with E-state index in [0.29, 0.717) is 13.0 Å². The Morgan fingerprint density at radius 2 is 2.22 bits per heavy atom. The molecule has 0 aliphatic carbocycles. The van der Waals surface area contributed by atoms with Crippen molar-refractivity contribution in [3.05, 3.63) is 30.2 Å². The Morgan fingerprint density at radius 1 is 1.33 bits per heavy atom. The van der Waals surface area contributed by atoms with Crippen LogP contribution >= 0.6 is 0 Å². The standard InChI is InChI=1S/C19H29N7O/c1-3-18(27)25-13-10-15(14-25)22-19(20-4-2)21-11-7-9-17-24-23-16-8-5-6-12-26(16)17/h5-6,8,12,15H,3-4,7,9-11,13-14H2,1-2H3,(H2,20,21,22). The van der Waals surface area contributed by atoms with Gasteiger partial charge in [0.2, 0.25) is 5.91 Å². The van der Waals surface area contributed by atoms with E-state index in [4.69, 9.17) is 0 Å². The minimum absolute atomic E-state index is 0.224. The third-order valence-corrected chi connectivity index (χ3v) is 4.74. The van der Waals surface area contributed by atoms with Gasteiger partial charge in [-0.2, -0.15) is 0 Å². The van der Waals surface area contributed by atoms with Crippen molar-refractivity contribution in [1.82, 2.24) is 30.1 Å². The summed E-state index contributed by atoms with van der Waals surface area (Å²) >= 11 is 0. The molecule has 3 heterocycles. The number of nitrogens with zero attached hydrogens (tertiary/aromatic N) is 5. The highest BCUT2D eigenvalue weighted by molar-refractivity contribution is 5.80. The van der Waals surface area contributed by atoms with Gasteiger partial charge in [-0.25, -0.2) is 0 Å². The zero-order chi connectivity index (χ0) is 19.1. The SMILES string of the molecule is CCNC(=NCCCc1nnc2ccccn12)NC1CCN(C(=O)CC)C1. The second kappa shape index (κ2) is 9.34.